The number of halogens is 1. The monoisotopic (exact) mass is 347 g/mol. The lowest BCUT2D eigenvalue weighted by Crippen LogP contribution is -2.43. The van der Waals surface area contributed by atoms with E-state index >= 15 is 0 Å². The van der Waals surface area contributed by atoms with E-state index in [0.717, 1.165) is 42.1 Å². The van der Waals surface area contributed by atoms with Gasteiger partial charge in [0.2, 0.25) is 0 Å². The van der Waals surface area contributed by atoms with E-state index in [0.29, 0.717) is 19.5 Å². The molecule has 3 rings (SSSR count). The van der Waals surface area contributed by atoms with Gasteiger partial charge in [-0.1, -0.05) is 12.8 Å². The van der Waals surface area contributed by atoms with E-state index in [1.807, 2.05) is 6.20 Å². The number of fused-ring (bicyclic) bond motifs is 1. The number of carbonyl (C=O) groups is 1. The minimum atomic E-state index is -0.296. The number of nitrogens with zero attached hydrogens (tertiary/aromatic N) is 1. The Kier molecular flexibility index (Phi) is 5.58. The molecule has 1 aliphatic rings. The summed E-state index contributed by atoms with van der Waals surface area (Å²) in [7, 11) is 1.77. The molecule has 1 saturated carbocycles. The molecule has 25 heavy (non-hydrogen) atoms. The molecule has 1 aliphatic carbocycles. The van der Waals surface area contributed by atoms with Crippen molar-refractivity contribution in [3.05, 3.63) is 35.8 Å². The SMILES string of the molecule is CN(CC1CCCCC1O)C(=O)NCCc1c[nH]c2cc(F)ccc12. The third-order valence-electron chi connectivity index (χ3n) is 5.12. The summed E-state index contributed by atoms with van der Waals surface area (Å²) in [5.74, 6) is -0.0891. The van der Waals surface area contributed by atoms with Gasteiger partial charge in [-0.05, 0) is 43.0 Å². The molecule has 0 saturated heterocycles. The molecule has 2 aromatic rings. The summed E-state index contributed by atoms with van der Waals surface area (Å²) in [6.45, 7) is 1.10. The Bertz CT molecular complexity index is 731. The highest BCUT2D eigenvalue weighted by Crippen LogP contribution is 2.25. The highest BCUT2D eigenvalue weighted by atomic mass is 19.1. The fourth-order valence-electron chi connectivity index (χ4n) is 3.64. The molecule has 6 heteroatoms. The van der Waals surface area contributed by atoms with Crippen LogP contribution in [0.25, 0.3) is 10.9 Å². The molecule has 2 atom stereocenters. The predicted octanol–water partition coefficient (Wildman–Crippen LogP) is 3.04. The smallest absolute Gasteiger partial charge is 0.317 e. The summed E-state index contributed by atoms with van der Waals surface area (Å²) in [5.41, 5.74) is 1.82. The number of aromatic nitrogens is 1. The number of carbonyl (C=O) groups excluding carboxylic acids is 1. The lowest BCUT2D eigenvalue weighted by atomic mass is 9.86. The van der Waals surface area contributed by atoms with Gasteiger partial charge >= 0.3 is 6.03 Å². The number of urea groups is 1. The highest BCUT2D eigenvalue weighted by molar-refractivity contribution is 5.83. The van der Waals surface area contributed by atoms with Gasteiger partial charge in [-0.15, -0.1) is 0 Å². The summed E-state index contributed by atoms with van der Waals surface area (Å²) in [5, 5.41) is 13.9. The lowest BCUT2D eigenvalue weighted by molar-refractivity contribution is 0.0565. The number of aromatic amines is 1. The van der Waals surface area contributed by atoms with Crippen LogP contribution in [0.2, 0.25) is 0 Å². The average Bonchev–Trinajstić information content (AvgIpc) is 2.99. The molecular formula is C19H26FN3O2. The molecule has 1 fully saturated rings. The summed E-state index contributed by atoms with van der Waals surface area (Å²) >= 11 is 0. The zero-order chi connectivity index (χ0) is 17.8. The van der Waals surface area contributed by atoms with E-state index in [-0.39, 0.29) is 23.9 Å². The Labute approximate surface area is 147 Å². The van der Waals surface area contributed by atoms with Crippen LogP contribution in [0, 0.1) is 11.7 Å². The second-order valence-corrected chi connectivity index (χ2v) is 6.98. The Morgan fingerprint density at radius 1 is 1.40 bits per heavy atom. The lowest BCUT2D eigenvalue weighted by Gasteiger charge is -2.31. The first-order valence-corrected chi connectivity index (χ1v) is 8.97. The van der Waals surface area contributed by atoms with E-state index in [9.17, 15) is 14.3 Å². The molecule has 2 amide bonds. The van der Waals surface area contributed by atoms with E-state index in [2.05, 4.69) is 10.3 Å². The molecule has 0 spiro atoms. The minimum Gasteiger partial charge on any atom is -0.393 e. The fourth-order valence-corrected chi connectivity index (χ4v) is 3.64. The van der Waals surface area contributed by atoms with Crippen molar-refractivity contribution in [3.8, 4) is 0 Å². The van der Waals surface area contributed by atoms with Crippen molar-refractivity contribution >= 4 is 16.9 Å². The maximum atomic E-state index is 13.2. The molecule has 1 aromatic carbocycles. The molecule has 0 aliphatic heterocycles. The van der Waals surface area contributed by atoms with E-state index in [4.69, 9.17) is 0 Å². The second kappa shape index (κ2) is 7.87. The summed E-state index contributed by atoms with van der Waals surface area (Å²) in [4.78, 5) is 17.0. The van der Waals surface area contributed by atoms with Gasteiger partial charge in [0.05, 0.1) is 6.10 Å². The van der Waals surface area contributed by atoms with Crippen molar-refractivity contribution < 1.29 is 14.3 Å². The van der Waals surface area contributed by atoms with Crippen LogP contribution in [0.1, 0.15) is 31.2 Å². The second-order valence-electron chi connectivity index (χ2n) is 6.98. The maximum Gasteiger partial charge on any atom is 0.317 e. The zero-order valence-electron chi connectivity index (χ0n) is 14.6. The fraction of sp³-hybridized carbons (Fsp3) is 0.526. The van der Waals surface area contributed by atoms with Gasteiger partial charge in [0.15, 0.2) is 0 Å². The first-order chi connectivity index (χ1) is 12.0. The minimum absolute atomic E-state index is 0.122. The molecule has 136 valence electrons. The van der Waals surface area contributed by atoms with Gasteiger partial charge in [0, 0.05) is 43.2 Å². The van der Waals surface area contributed by atoms with E-state index in [1.165, 1.54) is 12.1 Å². The number of nitrogens with one attached hydrogen (secondary N) is 2. The summed E-state index contributed by atoms with van der Waals surface area (Å²) in [6, 6.07) is 4.56. The Hall–Kier alpha value is -2.08. The molecule has 1 heterocycles. The molecular weight excluding hydrogens is 321 g/mol. The maximum absolute atomic E-state index is 13.2. The molecule has 1 aromatic heterocycles. The number of hydrogen-bond donors (Lipinski definition) is 3. The first kappa shape index (κ1) is 17.7. The third kappa shape index (κ3) is 4.31. The van der Waals surface area contributed by atoms with Gasteiger partial charge in [-0.3, -0.25) is 0 Å². The van der Waals surface area contributed by atoms with Gasteiger partial charge in [0.1, 0.15) is 5.82 Å². The van der Waals surface area contributed by atoms with Crippen LogP contribution in [0.5, 0.6) is 0 Å². The van der Waals surface area contributed by atoms with Crippen molar-refractivity contribution in [2.24, 2.45) is 5.92 Å². The van der Waals surface area contributed by atoms with Gasteiger partial charge < -0.3 is 20.3 Å². The van der Waals surface area contributed by atoms with Gasteiger partial charge in [0.25, 0.3) is 0 Å². The van der Waals surface area contributed by atoms with Crippen molar-refractivity contribution in [1.82, 2.24) is 15.2 Å². The molecule has 3 N–H and O–H groups in total. The normalized spacial score (nSPS) is 20.6. The number of hydrogen-bond acceptors (Lipinski definition) is 2. The average molecular weight is 347 g/mol. The van der Waals surface area contributed by atoms with Crippen molar-refractivity contribution in [1.29, 1.82) is 0 Å². The topological polar surface area (TPSA) is 68.4 Å². The summed E-state index contributed by atoms with van der Waals surface area (Å²) < 4.78 is 13.2. The van der Waals surface area contributed by atoms with Crippen molar-refractivity contribution in [2.75, 3.05) is 20.1 Å². The third-order valence-corrected chi connectivity index (χ3v) is 5.12. The molecule has 2 unspecified atom stereocenters. The Balaban J connectivity index is 1.48. The van der Waals surface area contributed by atoms with Gasteiger partial charge in [-0.2, -0.15) is 0 Å². The number of H-pyrrole nitrogens is 1. The molecule has 0 bridgehead atoms. The van der Waals surface area contributed by atoms with Crippen LogP contribution in [-0.2, 0) is 6.42 Å². The quantitative estimate of drug-likeness (QED) is 0.778. The first-order valence-electron chi connectivity index (χ1n) is 8.97. The number of rotatable bonds is 5. The standard InChI is InChI=1S/C19H26FN3O2/c1-23(12-14-4-2-3-5-18(14)24)19(25)21-9-8-13-11-22-17-10-15(20)6-7-16(13)17/h6-7,10-11,14,18,22,24H,2-5,8-9,12H2,1H3,(H,21,25). The zero-order valence-corrected chi connectivity index (χ0v) is 14.6. The van der Waals surface area contributed by atoms with E-state index < -0.39 is 0 Å². The van der Waals surface area contributed by atoms with Crippen molar-refractivity contribution in [3.63, 3.8) is 0 Å². The number of amides is 2. The highest BCUT2D eigenvalue weighted by Gasteiger charge is 2.25. The Morgan fingerprint density at radius 3 is 3.00 bits per heavy atom. The van der Waals surface area contributed by atoms with Crippen LogP contribution in [0.3, 0.4) is 0 Å². The van der Waals surface area contributed by atoms with Crippen LogP contribution in [-0.4, -0.2) is 47.3 Å². The number of aliphatic hydroxyl groups is 1. The van der Waals surface area contributed by atoms with Gasteiger partial charge in [-0.25, -0.2) is 9.18 Å². The molecule has 5 nitrogen and oxygen atoms in total. The van der Waals surface area contributed by atoms with Crippen LogP contribution < -0.4 is 5.32 Å². The predicted molar refractivity (Wildman–Crippen MR) is 96.0 cm³/mol. The van der Waals surface area contributed by atoms with E-state index in [1.54, 1.807) is 18.0 Å². The number of benzene rings is 1. The van der Waals surface area contributed by atoms with Crippen LogP contribution in [0.4, 0.5) is 9.18 Å². The van der Waals surface area contributed by atoms with Crippen LogP contribution in [0.15, 0.2) is 24.4 Å². The molecule has 0 radical (unpaired) electrons. The number of aliphatic hydroxyl groups excluding tert-OH is 1. The largest absolute Gasteiger partial charge is 0.393 e. The Morgan fingerprint density at radius 2 is 2.20 bits per heavy atom. The van der Waals surface area contributed by atoms with Crippen molar-refractivity contribution in [2.45, 2.75) is 38.2 Å². The van der Waals surface area contributed by atoms with Crippen LogP contribution >= 0.6 is 0 Å². The summed E-state index contributed by atoms with van der Waals surface area (Å²) in [6.07, 6.45) is 6.25.